The van der Waals surface area contributed by atoms with Gasteiger partial charge in [-0.05, 0) is 18.9 Å². The number of hydrogen-bond acceptors (Lipinski definition) is 3. The van der Waals surface area contributed by atoms with Crippen molar-refractivity contribution >= 4 is 12.6 Å². The van der Waals surface area contributed by atoms with Crippen LogP contribution in [0.25, 0.3) is 0 Å². The molecule has 1 aromatic heterocycles. The maximum atomic E-state index is 4.49. The van der Waals surface area contributed by atoms with Crippen LogP contribution < -0.4 is 0 Å². The molecule has 13 heavy (non-hydrogen) atoms. The fourth-order valence-electron chi connectivity index (χ4n) is 1.94. The summed E-state index contributed by atoms with van der Waals surface area (Å²) in [5, 5.41) is 0. The molecule has 70 valence electrons. The second-order valence-corrected chi connectivity index (χ2v) is 3.85. The van der Waals surface area contributed by atoms with Gasteiger partial charge in [0, 0.05) is 17.8 Å². The Kier molecular flexibility index (Phi) is 2.83. The van der Waals surface area contributed by atoms with Crippen LogP contribution in [0.2, 0.25) is 0 Å². The minimum atomic E-state index is 0.639. The predicted molar refractivity (Wildman–Crippen MR) is 55.9 cm³/mol. The molecule has 2 rings (SSSR count). The van der Waals surface area contributed by atoms with Gasteiger partial charge < -0.3 is 0 Å². The highest BCUT2D eigenvalue weighted by Gasteiger charge is 2.18. The lowest BCUT2D eigenvalue weighted by Gasteiger charge is -2.08. The van der Waals surface area contributed by atoms with Crippen molar-refractivity contribution in [2.45, 2.75) is 37.4 Å². The highest BCUT2D eigenvalue weighted by molar-refractivity contribution is 7.79. The normalized spacial score (nSPS) is 17.9. The van der Waals surface area contributed by atoms with E-state index < -0.39 is 0 Å². The number of hydrogen-bond donors (Lipinski definition) is 1. The second-order valence-electron chi connectivity index (χ2n) is 3.54. The van der Waals surface area contributed by atoms with Crippen LogP contribution in [0.4, 0.5) is 0 Å². The molecule has 0 aromatic carbocycles. The van der Waals surface area contributed by atoms with Crippen LogP contribution in [-0.2, 0) is 5.75 Å². The average Bonchev–Trinajstić information content (AvgIpc) is 2.71. The largest absolute Gasteiger partial charge is 0.240 e. The van der Waals surface area contributed by atoms with E-state index >= 15 is 0 Å². The lowest BCUT2D eigenvalue weighted by Crippen LogP contribution is -2.00. The van der Waals surface area contributed by atoms with E-state index in [1.165, 1.54) is 31.4 Å². The molecule has 1 aliphatic carbocycles. The molecule has 0 N–H and O–H groups in total. The maximum absolute atomic E-state index is 4.49. The van der Waals surface area contributed by atoms with Crippen LogP contribution in [0, 0.1) is 0 Å². The van der Waals surface area contributed by atoms with Crippen LogP contribution in [0.1, 0.15) is 43.1 Å². The van der Waals surface area contributed by atoms with Gasteiger partial charge in [-0.1, -0.05) is 12.8 Å². The Morgan fingerprint density at radius 3 is 2.85 bits per heavy atom. The minimum Gasteiger partial charge on any atom is -0.240 e. The lowest BCUT2D eigenvalue weighted by molar-refractivity contribution is 0.688. The molecule has 1 aromatic rings. The fourth-order valence-corrected chi connectivity index (χ4v) is 2.09. The van der Waals surface area contributed by atoms with Crippen molar-refractivity contribution in [3.05, 3.63) is 23.8 Å². The minimum absolute atomic E-state index is 0.639. The topological polar surface area (TPSA) is 25.8 Å². The van der Waals surface area contributed by atoms with Gasteiger partial charge in [0.05, 0.1) is 5.75 Å². The summed E-state index contributed by atoms with van der Waals surface area (Å²) >= 11 is 4.18. The van der Waals surface area contributed by atoms with Gasteiger partial charge in [0.2, 0.25) is 0 Å². The van der Waals surface area contributed by atoms with Crippen LogP contribution in [0.15, 0.2) is 12.3 Å². The van der Waals surface area contributed by atoms with Gasteiger partial charge >= 0.3 is 0 Å². The Morgan fingerprint density at radius 1 is 1.38 bits per heavy atom. The quantitative estimate of drug-likeness (QED) is 0.732. The molecule has 0 bridgehead atoms. The van der Waals surface area contributed by atoms with Gasteiger partial charge in [0.25, 0.3) is 0 Å². The van der Waals surface area contributed by atoms with E-state index in [1.807, 2.05) is 12.3 Å². The van der Waals surface area contributed by atoms with Crippen molar-refractivity contribution in [3.63, 3.8) is 0 Å². The van der Waals surface area contributed by atoms with E-state index in [0.717, 1.165) is 5.82 Å². The first-order valence-electron chi connectivity index (χ1n) is 4.83. The summed E-state index contributed by atoms with van der Waals surface area (Å²) in [4.78, 5) is 8.63. The Morgan fingerprint density at radius 2 is 2.15 bits per heavy atom. The van der Waals surface area contributed by atoms with Crippen molar-refractivity contribution in [2.24, 2.45) is 0 Å². The summed E-state index contributed by atoms with van der Waals surface area (Å²) in [7, 11) is 0. The molecule has 0 atom stereocenters. The molecular weight excluding hydrogens is 180 g/mol. The van der Waals surface area contributed by atoms with Crippen molar-refractivity contribution in [3.8, 4) is 0 Å². The molecule has 1 saturated carbocycles. The van der Waals surface area contributed by atoms with Gasteiger partial charge in [-0.2, -0.15) is 12.6 Å². The molecule has 0 aliphatic heterocycles. The van der Waals surface area contributed by atoms with Crippen molar-refractivity contribution in [2.75, 3.05) is 0 Å². The first-order chi connectivity index (χ1) is 6.40. The zero-order valence-corrected chi connectivity index (χ0v) is 8.50. The number of rotatable bonds is 2. The Hall–Kier alpha value is -0.570. The lowest BCUT2D eigenvalue weighted by atomic mass is 10.0. The molecule has 2 nitrogen and oxygen atoms in total. The summed E-state index contributed by atoms with van der Waals surface area (Å²) in [6, 6.07) is 2.04. The van der Waals surface area contributed by atoms with E-state index in [9.17, 15) is 0 Å². The first kappa shape index (κ1) is 9.00. The van der Waals surface area contributed by atoms with Crippen LogP contribution in [0.3, 0.4) is 0 Å². The zero-order chi connectivity index (χ0) is 9.10. The highest BCUT2D eigenvalue weighted by atomic mass is 32.1. The van der Waals surface area contributed by atoms with Crippen molar-refractivity contribution in [1.29, 1.82) is 0 Å². The molecule has 1 fully saturated rings. The zero-order valence-electron chi connectivity index (χ0n) is 7.61. The molecule has 0 spiro atoms. The smallest absolute Gasteiger partial charge is 0.138 e. The van der Waals surface area contributed by atoms with Crippen LogP contribution >= 0.6 is 12.6 Å². The van der Waals surface area contributed by atoms with E-state index in [0.29, 0.717) is 11.7 Å². The van der Waals surface area contributed by atoms with E-state index in [4.69, 9.17) is 0 Å². The number of aromatic nitrogens is 2. The molecule has 0 saturated heterocycles. The van der Waals surface area contributed by atoms with Crippen molar-refractivity contribution < 1.29 is 0 Å². The molecule has 0 radical (unpaired) electrons. The van der Waals surface area contributed by atoms with Crippen LogP contribution in [-0.4, -0.2) is 9.97 Å². The average molecular weight is 194 g/mol. The monoisotopic (exact) mass is 194 g/mol. The Bertz CT molecular complexity index is 282. The third-order valence-corrected chi connectivity index (χ3v) is 2.92. The fraction of sp³-hybridized carbons (Fsp3) is 0.600. The summed E-state index contributed by atoms with van der Waals surface area (Å²) in [5.74, 6) is 2.18. The van der Waals surface area contributed by atoms with E-state index in [2.05, 4.69) is 22.6 Å². The van der Waals surface area contributed by atoms with Crippen LogP contribution in [0.5, 0.6) is 0 Å². The highest BCUT2D eigenvalue weighted by Crippen LogP contribution is 2.32. The Balaban J connectivity index is 2.18. The molecule has 1 aliphatic rings. The summed E-state index contributed by atoms with van der Waals surface area (Å²) in [6.45, 7) is 0. The maximum Gasteiger partial charge on any atom is 0.138 e. The van der Waals surface area contributed by atoms with Gasteiger partial charge in [0.1, 0.15) is 5.82 Å². The third kappa shape index (κ3) is 2.02. The molecular formula is C10H14N2S. The summed E-state index contributed by atoms with van der Waals surface area (Å²) < 4.78 is 0. The number of nitrogens with zero attached hydrogens (tertiary/aromatic N) is 2. The van der Waals surface area contributed by atoms with Gasteiger partial charge in [-0.15, -0.1) is 0 Å². The van der Waals surface area contributed by atoms with Gasteiger partial charge in [-0.3, -0.25) is 0 Å². The molecule has 1 heterocycles. The van der Waals surface area contributed by atoms with Gasteiger partial charge in [0.15, 0.2) is 0 Å². The second kappa shape index (κ2) is 4.09. The standard InChI is InChI=1S/C10H14N2S/c13-7-10-11-6-5-9(12-10)8-3-1-2-4-8/h5-6,8,13H,1-4,7H2. The first-order valence-corrected chi connectivity index (χ1v) is 5.46. The molecule has 0 amide bonds. The molecule has 3 heteroatoms. The molecule has 0 unspecified atom stereocenters. The predicted octanol–water partition coefficient (Wildman–Crippen LogP) is 2.56. The number of thiol groups is 1. The third-order valence-electron chi connectivity index (χ3n) is 2.64. The van der Waals surface area contributed by atoms with Crippen molar-refractivity contribution in [1.82, 2.24) is 9.97 Å². The summed E-state index contributed by atoms with van der Waals surface area (Å²) in [6.07, 6.45) is 7.15. The van der Waals surface area contributed by atoms with Gasteiger partial charge in [-0.25, -0.2) is 9.97 Å². The summed E-state index contributed by atoms with van der Waals surface area (Å²) in [5.41, 5.74) is 1.22. The van der Waals surface area contributed by atoms with E-state index in [1.54, 1.807) is 0 Å². The Labute approximate surface area is 84.2 Å². The SMILES string of the molecule is SCc1nccc(C2CCCC2)n1. The van der Waals surface area contributed by atoms with E-state index in [-0.39, 0.29) is 0 Å².